The van der Waals surface area contributed by atoms with E-state index in [2.05, 4.69) is 4.74 Å². The fourth-order valence-electron chi connectivity index (χ4n) is 2.13. The van der Waals surface area contributed by atoms with Gasteiger partial charge in [-0.25, -0.2) is 17.6 Å². The maximum absolute atomic E-state index is 14.3. The van der Waals surface area contributed by atoms with Crippen LogP contribution in [0.1, 0.15) is 6.42 Å². The second-order valence-electron chi connectivity index (χ2n) is 4.63. The Balaban J connectivity index is 2.46. The number of ether oxygens (including phenoxy) is 1. The predicted molar refractivity (Wildman–Crippen MR) is 66.4 cm³/mol. The Morgan fingerprint density at radius 2 is 1.62 bits per heavy atom. The molecule has 1 nitrogen and oxygen atoms in total. The lowest BCUT2D eigenvalue weighted by atomic mass is 9.54. The van der Waals surface area contributed by atoms with Crippen LogP contribution in [-0.4, -0.2) is 20.0 Å². The van der Waals surface area contributed by atoms with Gasteiger partial charge in [0.1, 0.15) is 11.4 Å². The average Bonchev–Trinajstić information content (AvgIpc) is 2.42. The molecule has 1 aliphatic rings. The molecule has 8 heteroatoms. The van der Waals surface area contributed by atoms with Gasteiger partial charge in [-0.15, -0.1) is 0 Å². The molecule has 1 atom stereocenters. The van der Waals surface area contributed by atoms with Gasteiger partial charge in [0.2, 0.25) is 18.9 Å². The molecule has 0 fully saturated rings. The first-order valence-electron chi connectivity index (χ1n) is 5.90. The van der Waals surface area contributed by atoms with Crippen LogP contribution in [0.2, 0.25) is 0 Å². The molecule has 0 amide bonds. The van der Waals surface area contributed by atoms with E-state index in [1.54, 1.807) is 0 Å². The summed E-state index contributed by atoms with van der Waals surface area (Å²) >= 11 is 0. The van der Waals surface area contributed by atoms with E-state index in [1.165, 1.54) is 0 Å². The van der Waals surface area contributed by atoms with Crippen LogP contribution in [0, 0.1) is 23.3 Å². The molecule has 0 heterocycles. The van der Waals surface area contributed by atoms with E-state index in [1.807, 2.05) is 0 Å². The molecule has 0 spiro atoms. The van der Waals surface area contributed by atoms with E-state index in [0.717, 1.165) is 25.3 Å². The zero-order valence-corrected chi connectivity index (χ0v) is 10.8. The van der Waals surface area contributed by atoms with Crippen LogP contribution in [0.15, 0.2) is 24.1 Å². The van der Waals surface area contributed by atoms with Crippen LogP contribution >= 0.6 is 0 Å². The summed E-state index contributed by atoms with van der Waals surface area (Å²) < 4.78 is 86.2. The molecule has 0 aromatic heterocycles. The van der Waals surface area contributed by atoms with E-state index in [0.29, 0.717) is 0 Å². The molecular weight excluding hydrogens is 297 g/mol. The normalized spacial score (nSPS) is 21.2. The first-order valence-corrected chi connectivity index (χ1v) is 5.90. The second kappa shape index (κ2) is 5.50. The maximum Gasteiger partial charge on any atom is 0.217 e. The SMILES string of the molecule is COc1c(F)c(F)c(BC2(F)C=CC=C(F)C2)c(F)c1F. The summed E-state index contributed by atoms with van der Waals surface area (Å²) in [6.07, 6.45) is 2.14. The number of hydrogen-bond acceptors (Lipinski definition) is 1. The molecule has 0 saturated carbocycles. The summed E-state index contributed by atoms with van der Waals surface area (Å²) in [6, 6.07) is 0. The van der Waals surface area contributed by atoms with E-state index < -0.39 is 59.6 Å². The molecule has 0 saturated heterocycles. The molecule has 0 aliphatic heterocycles. The third-order valence-corrected chi connectivity index (χ3v) is 3.12. The zero-order valence-electron chi connectivity index (χ0n) is 10.8. The molecule has 112 valence electrons. The van der Waals surface area contributed by atoms with Crippen molar-refractivity contribution in [1.82, 2.24) is 0 Å². The predicted octanol–water partition coefficient (Wildman–Crippen LogP) is 2.79. The highest BCUT2D eigenvalue weighted by Gasteiger charge is 2.37. The van der Waals surface area contributed by atoms with E-state index in [4.69, 9.17) is 0 Å². The number of alkyl halides is 1. The van der Waals surface area contributed by atoms with E-state index >= 15 is 0 Å². The largest absolute Gasteiger partial charge is 0.491 e. The van der Waals surface area contributed by atoms with Gasteiger partial charge in [-0.2, -0.15) is 8.78 Å². The molecule has 2 rings (SSSR count). The quantitative estimate of drug-likeness (QED) is 0.474. The Hall–Kier alpha value is -1.86. The van der Waals surface area contributed by atoms with Gasteiger partial charge < -0.3 is 4.74 Å². The smallest absolute Gasteiger partial charge is 0.217 e. The summed E-state index contributed by atoms with van der Waals surface area (Å²) in [4.78, 5) is 0. The highest BCUT2D eigenvalue weighted by Crippen LogP contribution is 2.29. The Bertz CT molecular complexity index is 613. The lowest BCUT2D eigenvalue weighted by molar-refractivity contribution is 0.314. The number of methoxy groups -OCH3 is 1. The van der Waals surface area contributed by atoms with Crippen LogP contribution in [-0.2, 0) is 0 Å². The first-order chi connectivity index (χ1) is 9.79. The summed E-state index contributed by atoms with van der Waals surface area (Å²) in [6.45, 7) is 0. The minimum Gasteiger partial charge on any atom is -0.491 e. The number of hydrogen-bond donors (Lipinski definition) is 0. The third-order valence-electron chi connectivity index (χ3n) is 3.12. The van der Waals surface area contributed by atoms with Crippen molar-refractivity contribution in [2.24, 2.45) is 0 Å². The molecule has 0 radical (unpaired) electrons. The molecule has 21 heavy (non-hydrogen) atoms. The average molecular weight is 306 g/mol. The van der Waals surface area contributed by atoms with Crippen molar-refractivity contribution in [3.8, 4) is 5.75 Å². The molecule has 0 N–H and O–H groups in total. The van der Waals surface area contributed by atoms with Gasteiger partial charge in [0.25, 0.3) is 0 Å². The van der Waals surface area contributed by atoms with E-state index in [-0.39, 0.29) is 0 Å². The lowest BCUT2D eigenvalue weighted by Gasteiger charge is -2.23. The molecule has 1 aromatic carbocycles. The van der Waals surface area contributed by atoms with Gasteiger partial charge in [0, 0.05) is 6.42 Å². The molecule has 1 aromatic rings. The van der Waals surface area contributed by atoms with Gasteiger partial charge in [0.05, 0.1) is 7.11 Å². The van der Waals surface area contributed by atoms with Crippen LogP contribution < -0.4 is 10.2 Å². The molecule has 1 unspecified atom stereocenters. The summed E-state index contributed by atoms with van der Waals surface area (Å²) in [7, 11) is -0.207. The lowest BCUT2D eigenvalue weighted by Crippen LogP contribution is -2.41. The fraction of sp³-hybridized carbons (Fsp3) is 0.231. The van der Waals surface area contributed by atoms with Gasteiger partial charge in [-0.05, 0) is 11.5 Å². The van der Waals surface area contributed by atoms with Gasteiger partial charge in [0.15, 0.2) is 17.4 Å². The van der Waals surface area contributed by atoms with Gasteiger partial charge in [-0.1, -0.05) is 12.2 Å². The monoisotopic (exact) mass is 306 g/mol. The maximum atomic E-state index is 14.3. The van der Waals surface area contributed by atoms with Gasteiger partial charge >= 0.3 is 0 Å². The molecule has 0 bridgehead atoms. The minimum atomic E-state index is -2.46. The van der Waals surface area contributed by atoms with Crippen molar-refractivity contribution in [3.05, 3.63) is 47.3 Å². The molecular formula is C13H9BF6O. The third kappa shape index (κ3) is 2.79. The Kier molecular flexibility index (Phi) is 4.07. The fourth-order valence-corrected chi connectivity index (χ4v) is 2.13. The number of benzene rings is 1. The second-order valence-corrected chi connectivity index (χ2v) is 4.63. The van der Waals surface area contributed by atoms with Crippen molar-refractivity contribution in [2.75, 3.05) is 7.11 Å². The van der Waals surface area contributed by atoms with Crippen LogP contribution in [0.3, 0.4) is 0 Å². The summed E-state index contributed by atoms with van der Waals surface area (Å²) in [5, 5.41) is 0. The Labute approximate surface area is 117 Å². The van der Waals surface area contributed by atoms with Crippen molar-refractivity contribution < 1.29 is 31.1 Å². The minimum absolute atomic E-state index is 0.766. The van der Waals surface area contributed by atoms with Gasteiger partial charge in [-0.3, -0.25) is 0 Å². The van der Waals surface area contributed by atoms with E-state index in [9.17, 15) is 26.3 Å². The first kappa shape index (κ1) is 15.5. The highest BCUT2D eigenvalue weighted by atomic mass is 19.2. The number of rotatable bonds is 3. The standard InChI is InChI=1S/C13H9BF6O/c1-21-12-10(18)8(16)7(9(17)11(12)19)14-13(20)4-2-3-6(15)5-13/h2-4,14H,5H2,1H3. The highest BCUT2D eigenvalue weighted by molar-refractivity contribution is 6.57. The van der Waals surface area contributed by atoms with Crippen molar-refractivity contribution >= 4 is 12.7 Å². The topological polar surface area (TPSA) is 9.23 Å². The number of allylic oxidation sites excluding steroid dienone is 4. The van der Waals surface area contributed by atoms with Crippen molar-refractivity contribution in [3.63, 3.8) is 0 Å². The Morgan fingerprint density at radius 1 is 1.05 bits per heavy atom. The summed E-state index contributed by atoms with van der Waals surface area (Å²) in [5.41, 5.74) is -3.60. The molecule has 1 aliphatic carbocycles. The van der Waals surface area contributed by atoms with Crippen LogP contribution in [0.5, 0.6) is 5.75 Å². The number of halogens is 6. The van der Waals surface area contributed by atoms with Crippen molar-refractivity contribution in [2.45, 2.75) is 12.0 Å². The van der Waals surface area contributed by atoms with Crippen LogP contribution in [0.4, 0.5) is 26.3 Å². The zero-order chi connectivity index (χ0) is 15.8. The van der Waals surface area contributed by atoms with Crippen molar-refractivity contribution in [1.29, 1.82) is 0 Å². The summed E-state index contributed by atoms with van der Waals surface area (Å²) in [5.74, 6) is -9.10. The Morgan fingerprint density at radius 3 is 2.10 bits per heavy atom. The van der Waals surface area contributed by atoms with Crippen LogP contribution in [0.25, 0.3) is 0 Å².